The van der Waals surface area contributed by atoms with Crippen molar-refractivity contribution in [3.05, 3.63) is 30.1 Å². The van der Waals surface area contributed by atoms with Crippen LogP contribution in [-0.4, -0.2) is 36.1 Å². The van der Waals surface area contributed by atoms with E-state index in [1.165, 1.54) is 57.4 Å². The van der Waals surface area contributed by atoms with Crippen molar-refractivity contribution in [3.8, 4) is 0 Å². The second-order valence-electron chi connectivity index (χ2n) is 6.06. The average molecular weight is 259 g/mol. The van der Waals surface area contributed by atoms with Gasteiger partial charge in [0.15, 0.2) is 0 Å². The number of hydrogen-bond acceptors (Lipinski definition) is 3. The summed E-state index contributed by atoms with van der Waals surface area (Å²) in [5, 5.41) is 3.48. The van der Waals surface area contributed by atoms with E-state index >= 15 is 0 Å². The Kier molecular flexibility index (Phi) is 4.46. The highest BCUT2D eigenvalue weighted by atomic mass is 15.1. The van der Waals surface area contributed by atoms with E-state index < -0.39 is 0 Å². The van der Waals surface area contributed by atoms with Crippen LogP contribution in [0.3, 0.4) is 0 Å². The van der Waals surface area contributed by atoms with Crippen LogP contribution in [0.2, 0.25) is 0 Å². The van der Waals surface area contributed by atoms with Crippen molar-refractivity contribution in [2.24, 2.45) is 11.8 Å². The molecule has 0 radical (unpaired) electrons. The van der Waals surface area contributed by atoms with Crippen LogP contribution in [0.4, 0.5) is 0 Å². The fourth-order valence-corrected chi connectivity index (χ4v) is 3.64. The van der Waals surface area contributed by atoms with Gasteiger partial charge in [-0.1, -0.05) is 0 Å². The van der Waals surface area contributed by atoms with Crippen LogP contribution in [0.1, 0.15) is 31.2 Å². The molecule has 3 nitrogen and oxygen atoms in total. The van der Waals surface area contributed by atoms with Gasteiger partial charge in [0, 0.05) is 18.9 Å². The summed E-state index contributed by atoms with van der Waals surface area (Å²) in [4.78, 5) is 6.69. The first-order chi connectivity index (χ1) is 9.42. The third-order valence-electron chi connectivity index (χ3n) is 4.84. The quantitative estimate of drug-likeness (QED) is 0.903. The zero-order valence-corrected chi connectivity index (χ0v) is 11.7. The van der Waals surface area contributed by atoms with Gasteiger partial charge >= 0.3 is 0 Å². The Balaban J connectivity index is 1.46. The summed E-state index contributed by atoms with van der Waals surface area (Å²) in [5.74, 6) is 1.97. The van der Waals surface area contributed by atoms with Gasteiger partial charge in [0.25, 0.3) is 0 Å². The lowest BCUT2D eigenvalue weighted by molar-refractivity contribution is 0.126. The molecule has 2 fully saturated rings. The highest BCUT2D eigenvalue weighted by Gasteiger charge is 2.27. The number of rotatable bonds is 3. The van der Waals surface area contributed by atoms with Gasteiger partial charge in [-0.3, -0.25) is 9.88 Å². The Morgan fingerprint density at radius 3 is 2.32 bits per heavy atom. The number of likely N-dealkylation sites (tertiary alicyclic amines) is 1. The van der Waals surface area contributed by atoms with E-state index in [1.54, 1.807) is 0 Å². The van der Waals surface area contributed by atoms with Crippen LogP contribution in [-0.2, 0) is 6.54 Å². The molecule has 2 aliphatic heterocycles. The standard InChI is InChI=1S/C16H25N3/c1-7-17-8-2-14(1)13-19-11-5-16(6-12-19)15-3-9-18-10-4-15/h1-2,7-8,15-16,18H,3-6,9-13H2. The lowest BCUT2D eigenvalue weighted by atomic mass is 9.79. The fraction of sp³-hybridized carbons (Fsp3) is 0.688. The Hall–Kier alpha value is -0.930. The molecule has 0 aliphatic carbocycles. The van der Waals surface area contributed by atoms with Gasteiger partial charge < -0.3 is 5.32 Å². The molecule has 0 bridgehead atoms. The summed E-state index contributed by atoms with van der Waals surface area (Å²) in [5.41, 5.74) is 1.40. The van der Waals surface area contributed by atoms with Crippen molar-refractivity contribution in [3.63, 3.8) is 0 Å². The molecule has 19 heavy (non-hydrogen) atoms. The van der Waals surface area contributed by atoms with Crippen molar-refractivity contribution in [2.75, 3.05) is 26.2 Å². The smallest absolute Gasteiger partial charge is 0.0271 e. The van der Waals surface area contributed by atoms with E-state index in [1.807, 2.05) is 12.4 Å². The van der Waals surface area contributed by atoms with Gasteiger partial charge in [0.1, 0.15) is 0 Å². The van der Waals surface area contributed by atoms with Crippen molar-refractivity contribution >= 4 is 0 Å². The topological polar surface area (TPSA) is 28.2 Å². The average Bonchev–Trinajstić information content (AvgIpc) is 2.50. The van der Waals surface area contributed by atoms with Crippen LogP contribution in [0.15, 0.2) is 24.5 Å². The molecule has 0 aromatic carbocycles. The molecule has 104 valence electrons. The minimum atomic E-state index is 0.982. The summed E-state index contributed by atoms with van der Waals surface area (Å²) in [6.07, 6.45) is 9.39. The minimum absolute atomic E-state index is 0.982. The first-order valence-electron chi connectivity index (χ1n) is 7.74. The number of nitrogens with one attached hydrogen (secondary N) is 1. The summed E-state index contributed by atoms with van der Waals surface area (Å²) in [7, 11) is 0. The summed E-state index contributed by atoms with van der Waals surface area (Å²) >= 11 is 0. The van der Waals surface area contributed by atoms with E-state index in [4.69, 9.17) is 0 Å². The van der Waals surface area contributed by atoms with Crippen LogP contribution in [0.5, 0.6) is 0 Å². The van der Waals surface area contributed by atoms with Crippen LogP contribution >= 0.6 is 0 Å². The van der Waals surface area contributed by atoms with Crippen LogP contribution in [0, 0.1) is 11.8 Å². The molecular weight excluding hydrogens is 234 g/mol. The molecule has 3 heteroatoms. The third-order valence-corrected chi connectivity index (χ3v) is 4.84. The Labute approximate surface area is 116 Å². The molecule has 0 unspecified atom stereocenters. The second-order valence-corrected chi connectivity index (χ2v) is 6.06. The molecule has 1 N–H and O–H groups in total. The highest BCUT2D eigenvalue weighted by Crippen LogP contribution is 2.31. The lowest BCUT2D eigenvalue weighted by Gasteiger charge is -2.37. The maximum Gasteiger partial charge on any atom is 0.0271 e. The lowest BCUT2D eigenvalue weighted by Crippen LogP contribution is -2.39. The fourth-order valence-electron chi connectivity index (χ4n) is 3.64. The normalized spacial score (nSPS) is 23.6. The number of nitrogens with zero attached hydrogens (tertiary/aromatic N) is 2. The van der Waals surface area contributed by atoms with Gasteiger partial charge in [-0.15, -0.1) is 0 Å². The summed E-state index contributed by atoms with van der Waals surface area (Å²) in [6, 6.07) is 4.28. The maximum absolute atomic E-state index is 4.09. The number of piperidine rings is 2. The largest absolute Gasteiger partial charge is 0.317 e. The first-order valence-corrected chi connectivity index (χ1v) is 7.74. The van der Waals surface area contributed by atoms with E-state index in [0.717, 1.165) is 18.4 Å². The first kappa shape index (κ1) is 13.1. The zero-order chi connectivity index (χ0) is 12.9. The SMILES string of the molecule is c1cc(CN2CCC(C3CCNCC3)CC2)ccn1. The van der Waals surface area contributed by atoms with E-state index in [9.17, 15) is 0 Å². The Bertz CT molecular complexity index is 365. The van der Waals surface area contributed by atoms with Gasteiger partial charge in [0.05, 0.1) is 0 Å². The van der Waals surface area contributed by atoms with Crippen LogP contribution < -0.4 is 5.32 Å². The molecule has 0 atom stereocenters. The van der Waals surface area contributed by atoms with Crippen molar-refractivity contribution in [1.29, 1.82) is 0 Å². The molecule has 1 aromatic heterocycles. The van der Waals surface area contributed by atoms with E-state index in [0.29, 0.717) is 0 Å². The minimum Gasteiger partial charge on any atom is -0.317 e. The number of aromatic nitrogens is 1. The molecule has 2 aliphatic rings. The monoisotopic (exact) mass is 259 g/mol. The predicted molar refractivity (Wildman–Crippen MR) is 77.8 cm³/mol. The molecule has 1 aromatic rings. The molecule has 2 saturated heterocycles. The molecule has 3 rings (SSSR count). The molecule has 0 spiro atoms. The third kappa shape index (κ3) is 3.54. The van der Waals surface area contributed by atoms with Gasteiger partial charge in [-0.05, 0) is 81.4 Å². The van der Waals surface area contributed by atoms with Crippen molar-refractivity contribution < 1.29 is 0 Å². The van der Waals surface area contributed by atoms with Crippen molar-refractivity contribution in [2.45, 2.75) is 32.2 Å². The zero-order valence-electron chi connectivity index (χ0n) is 11.7. The summed E-state index contributed by atoms with van der Waals surface area (Å²) < 4.78 is 0. The van der Waals surface area contributed by atoms with E-state index in [-0.39, 0.29) is 0 Å². The molecule has 0 saturated carbocycles. The predicted octanol–water partition coefficient (Wildman–Crippen LogP) is 2.29. The molecular formula is C16H25N3. The van der Waals surface area contributed by atoms with Gasteiger partial charge in [0.2, 0.25) is 0 Å². The van der Waals surface area contributed by atoms with Crippen LogP contribution in [0.25, 0.3) is 0 Å². The highest BCUT2D eigenvalue weighted by molar-refractivity contribution is 5.09. The second kappa shape index (κ2) is 6.49. The molecule has 0 amide bonds. The number of pyridine rings is 1. The van der Waals surface area contributed by atoms with Gasteiger partial charge in [-0.2, -0.15) is 0 Å². The Morgan fingerprint density at radius 1 is 1.00 bits per heavy atom. The van der Waals surface area contributed by atoms with E-state index in [2.05, 4.69) is 27.3 Å². The van der Waals surface area contributed by atoms with Gasteiger partial charge in [-0.25, -0.2) is 0 Å². The maximum atomic E-state index is 4.09. The number of hydrogen-bond donors (Lipinski definition) is 1. The van der Waals surface area contributed by atoms with Crippen molar-refractivity contribution in [1.82, 2.24) is 15.2 Å². The molecule has 3 heterocycles. The summed E-state index contributed by atoms with van der Waals surface area (Å²) in [6.45, 7) is 6.12. The Morgan fingerprint density at radius 2 is 1.63 bits per heavy atom.